The Balaban J connectivity index is 1.44. The summed E-state index contributed by atoms with van der Waals surface area (Å²) >= 11 is 0. The second kappa shape index (κ2) is 7.18. The summed E-state index contributed by atoms with van der Waals surface area (Å²) in [5, 5.41) is 20.3. The summed E-state index contributed by atoms with van der Waals surface area (Å²) in [5.41, 5.74) is 0.974. The zero-order valence-corrected chi connectivity index (χ0v) is 17.2. The monoisotopic (exact) mass is 440 g/mol. The van der Waals surface area contributed by atoms with Crippen molar-refractivity contribution in [1.29, 1.82) is 0 Å². The van der Waals surface area contributed by atoms with Gasteiger partial charge in [0.25, 0.3) is 0 Å². The number of rotatable bonds is 5. The van der Waals surface area contributed by atoms with Crippen LogP contribution in [0.4, 0.5) is 14.6 Å². The average molecular weight is 440 g/mol. The Hall–Kier alpha value is -3.17. The van der Waals surface area contributed by atoms with E-state index in [0.717, 1.165) is 44.7 Å². The van der Waals surface area contributed by atoms with Crippen LogP contribution < -0.4 is 5.32 Å². The summed E-state index contributed by atoms with van der Waals surface area (Å²) in [6, 6.07) is 0.903. The van der Waals surface area contributed by atoms with Crippen LogP contribution in [-0.4, -0.2) is 42.3 Å². The predicted octanol–water partition coefficient (Wildman–Crippen LogP) is 3.87. The van der Waals surface area contributed by atoms with Gasteiger partial charge in [0.1, 0.15) is 11.5 Å². The standard InChI is InChI=1S/C22H22F2N6O2/c23-12-7-13-18(29-30-19(13)25-8-12)21-27-17(11-5-6-11)15(24)20(28-21)26-16-10-3-1-9(2-4-10)14(16)22(31)32/h7-11,14,16H,1-6H2,(H,31,32)(H,25,29,30)(H,26,27,28)/t9?,10?,14-,16-/m1/s1. The number of H-pyrrole nitrogens is 1. The van der Waals surface area contributed by atoms with E-state index < -0.39 is 23.5 Å². The van der Waals surface area contributed by atoms with Crippen molar-refractivity contribution < 1.29 is 18.7 Å². The van der Waals surface area contributed by atoms with Crippen LogP contribution in [0.5, 0.6) is 0 Å². The van der Waals surface area contributed by atoms with Crippen LogP contribution in [0.15, 0.2) is 12.3 Å². The number of halogens is 2. The fourth-order valence-corrected chi connectivity index (χ4v) is 5.51. The summed E-state index contributed by atoms with van der Waals surface area (Å²) in [5.74, 6) is -2.03. The number of hydrogen-bond acceptors (Lipinski definition) is 6. The fourth-order valence-electron chi connectivity index (χ4n) is 5.51. The number of anilines is 1. The lowest BCUT2D eigenvalue weighted by Crippen LogP contribution is -2.51. The highest BCUT2D eigenvalue weighted by Gasteiger charge is 2.48. The number of aliphatic carboxylic acids is 1. The molecule has 10 heteroatoms. The first-order valence-corrected chi connectivity index (χ1v) is 11.1. The van der Waals surface area contributed by atoms with Crippen molar-refractivity contribution >= 4 is 22.8 Å². The Kier molecular flexibility index (Phi) is 4.38. The minimum Gasteiger partial charge on any atom is -0.481 e. The van der Waals surface area contributed by atoms with Crippen LogP contribution in [0.3, 0.4) is 0 Å². The van der Waals surface area contributed by atoms with Crippen LogP contribution in [0, 0.1) is 29.4 Å². The molecule has 3 heterocycles. The summed E-state index contributed by atoms with van der Waals surface area (Å²) in [6.45, 7) is 0. The van der Waals surface area contributed by atoms with Crippen LogP contribution in [0.2, 0.25) is 0 Å². The Morgan fingerprint density at radius 1 is 1.09 bits per heavy atom. The van der Waals surface area contributed by atoms with Crippen molar-refractivity contribution in [2.75, 3.05) is 5.32 Å². The minimum atomic E-state index is -0.852. The molecule has 4 saturated carbocycles. The van der Waals surface area contributed by atoms with Gasteiger partial charge in [-0.1, -0.05) is 0 Å². The van der Waals surface area contributed by atoms with Crippen LogP contribution in [-0.2, 0) is 4.79 Å². The van der Waals surface area contributed by atoms with Crippen molar-refractivity contribution in [3.05, 3.63) is 29.6 Å². The second-order valence-electron chi connectivity index (χ2n) is 9.20. The van der Waals surface area contributed by atoms with Crippen molar-refractivity contribution in [2.45, 2.75) is 50.5 Å². The van der Waals surface area contributed by atoms with Gasteiger partial charge < -0.3 is 10.4 Å². The molecule has 0 saturated heterocycles. The molecule has 8 nitrogen and oxygen atoms in total. The lowest BCUT2D eigenvalue weighted by atomic mass is 9.61. The third kappa shape index (κ3) is 3.11. The Bertz CT molecular complexity index is 1220. The number of hydrogen-bond donors (Lipinski definition) is 3. The number of nitrogens with one attached hydrogen (secondary N) is 2. The van der Waals surface area contributed by atoms with E-state index in [-0.39, 0.29) is 35.4 Å². The van der Waals surface area contributed by atoms with E-state index in [1.165, 1.54) is 6.07 Å². The SMILES string of the molecule is O=C(O)[C@@H]1C2CCC(CC2)[C@H]1Nc1nc(-c2[nH]nc3ncc(F)cc23)nc(C2CC2)c1F. The molecule has 0 aromatic carbocycles. The predicted molar refractivity (Wildman–Crippen MR) is 111 cm³/mol. The largest absolute Gasteiger partial charge is 0.481 e. The Labute approximate surface area is 181 Å². The van der Waals surface area contributed by atoms with Gasteiger partial charge >= 0.3 is 5.97 Å². The molecule has 2 atom stereocenters. The van der Waals surface area contributed by atoms with E-state index in [0.29, 0.717) is 22.4 Å². The van der Waals surface area contributed by atoms with E-state index in [1.54, 1.807) is 0 Å². The molecule has 0 amide bonds. The average Bonchev–Trinajstić information content (AvgIpc) is 3.55. The molecule has 2 bridgehead atoms. The van der Waals surface area contributed by atoms with E-state index in [1.807, 2.05) is 0 Å². The molecule has 7 rings (SSSR count). The van der Waals surface area contributed by atoms with Gasteiger partial charge in [-0.15, -0.1) is 0 Å². The number of carboxylic acids is 1. The number of carboxylic acid groups (broad SMARTS) is 1. The van der Waals surface area contributed by atoms with Crippen LogP contribution in [0.25, 0.3) is 22.6 Å². The van der Waals surface area contributed by atoms with E-state index in [9.17, 15) is 14.3 Å². The van der Waals surface area contributed by atoms with E-state index in [2.05, 4.69) is 30.5 Å². The zero-order valence-electron chi connectivity index (χ0n) is 17.2. The van der Waals surface area contributed by atoms with E-state index in [4.69, 9.17) is 0 Å². The topological polar surface area (TPSA) is 117 Å². The third-order valence-electron chi connectivity index (χ3n) is 7.25. The van der Waals surface area contributed by atoms with Crippen molar-refractivity contribution in [1.82, 2.24) is 25.1 Å². The number of aromatic amines is 1. The van der Waals surface area contributed by atoms with Crippen molar-refractivity contribution in [3.8, 4) is 11.5 Å². The third-order valence-corrected chi connectivity index (χ3v) is 7.25. The molecule has 3 aromatic heterocycles. The number of nitrogens with zero attached hydrogens (tertiary/aromatic N) is 4. The van der Waals surface area contributed by atoms with Gasteiger partial charge in [0.15, 0.2) is 23.1 Å². The summed E-state index contributed by atoms with van der Waals surface area (Å²) in [6.07, 6.45) is 6.38. The van der Waals surface area contributed by atoms with Gasteiger partial charge in [-0.3, -0.25) is 9.89 Å². The minimum absolute atomic E-state index is 0.000533. The summed E-state index contributed by atoms with van der Waals surface area (Å²) in [7, 11) is 0. The first-order chi connectivity index (χ1) is 15.5. The van der Waals surface area contributed by atoms with Crippen LogP contribution >= 0.6 is 0 Å². The molecule has 4 fully saturated rings. The maximum atomic E-state index is 15.5. The molecule has 0 unspecified atom stereocenters. The summed E-state index contributed by atoms with van der Waals surface area (Å²) in [4.78, 5) is 24.9. The van der Waals surface area contributed by atoms with Crippen LogP contribution in [0.1, 0.15) is 50.1 Å². The molecule has 3 N–H and O–H groups in total. The zero-order chi connectivity index (χ0) is 22.0. The molecule has 0 aliphatic heterocycles. The highest BCUT2D eigenvalue weighted by atomic mass is 19.1. The van der Waals surface area contributed by atoms with Crippen molar-refractivity contribution in [2.24, 2.45) is 17.8 Å². The number of pyridine rings is 1. The maximum Gasteiger partial charge on any atom is 0.308 e. The Morgan fingerprint density at radius 2 is 1.84 bits per heavy atom. The lowest BCUT2D eigenvalue weighted by Gasteiger charge is -2.47. The highest BCUT2D eigenvalue weighted by molar-refractivity contribution is 5.88. The fraction of sp³-hybridized carbons (Fsp3) is 0.500. The first kappa shape index (κ1) is 19.5. The molecule has 166 valence electrons. The highest BCUT2D eigenvalue weighted by Crippen LogP contribution is 2.47. The van der Waals surface area contributed by atoms with Gasteiger partial charge in [0, 0.05) is 12.0 Å². The van der Waals surface area contributed by atoms with Crippen molar-refractivity contribution in [3.63, 3.8) is 0 Å². The molecule has 0 radical (unpaired) electrons. The second-order valence-corrected chi connectivity index (χ2v) is 9.20. The van der Waals surface area contributed by atoms with Gasteiger partial charge in [-0.25, -0.2) is 23.7 Å². The quantitative estimate of drug-likeness (QED) is 0.551. The molecule has 32 heavy (non-hydrogen) atoms. The smallest absolute Gasteiger partial charge is 0.308 e. The number of carbonyl (C=O) groups is 1. The maximum absolute atomic E-state index is 15.5. The first-order valence-electron chi connectivity index (χ1n) is 11.1. The molecular formula is C22H22F2N6O2. The molecule has 4 aliphatic rings. The van der Waals surface area contributed by atoms with Gasteiger partial charge in [-0.2, -0.15) is 5.10 Å². The Morgan fingerprint density at radius 3 is 2.56 bits per heavy atom. The van der Waals surface area contributed by atoms with E-state index >= 15 is 4.39 Å². The number of fused-ring (bicyclic) bond motifs is 4. The van der Waals surface area contributed by atoms with Gasteiger partial charge in [-0.05, 0) is 56.4 Å². The lowest BCUT2D eigenvalue weighted by molar-refractivity contribution is -0.148. The molecule has 0 spiro atoms. The molecular weight excluding hydrogens is 418 g/mol. The van der Waals surface area contributed by atoms with Gasteiger partial charge in [0.2, 0.25) is 0 Å². The summed E-state index contributed by atoms with van der Waals surface area (Å²) < 4.78 is 29.3. The molecule has 3 aromatic rings. The normalized spacial score (nSPS) is 27.1. The molecule has 4 aliphatic carbocycles. The van der Waals surface area contributed by atoms with Gasteiger partial charge in [0.05, 0.1) is 23.2 Å². The number of aromatic nitrogens is 5.